The lowest BCUT2D eigenvalue weighted by Gasteiger charge is -2.43. The zero-order valence-corrected chi connectivity index (χ0v) is 18.3. The van der Waals surface area contributed by atoms with Gasteiger partial charge in [-0.1, -0.05) is 60.7 Å². The lowest BCUT2D eigenvalue weighted by Crippen LogP contribution is -2.63. The first-order valence-electron chi connectivity index (χ1n) is 10.3. The summed E-state index contributed by atoms with van der Waals surface area (Å²) in [6, 6.07) is 19.3. The topological polar surface area (TPSA) is 84.9 Å². The zero-order valence-electron chi connectivity index (χ0n) is 17.5. The van der Waals surface area contributed by atoms with Crippen molar-refractivity contribution < 1.29 is 31.1 Å². The van der Waals surface area contributed by atoms with Crippen LogP contribution in [0.3, 0.4) is 0 Å². The van der Waals surface area contributed by atoms with Gasteiger partial charge in [0.25, 0.3) is 5.72 Å². The molecule has 2 aliphatic rings. The first-order chi connectivity index (χ1) is 14.8. The average molecular weight is 446 g/mol. The summed E-state index contributed by atoms with van der Waals surface area (Å²) in [7, 11) is -3.08. The smallest absolute Gasteiger partial charge is 0.270 e. The minimum absolute atomic E-state index is 0.156. The van der Waals surface area contributed by atoms with E-state index in [1.807, 2.05) is 73.8 Å². The molecule has 166 valence electrons. The number of rotatable bonds is 9. The Morgan fingerprint density at radius 3 is 2.23 bits per heavy atom. The Bertz CT molecular complexity index is 1030. The molecular weight excluding hydrogens is 418 g/mol. The maximum Gasteiger partial charge on any atom is 0.270 e. The van der Waals surface area contributed by atoms with E-state index >= 15 is 0 Å². The first kappa shape index (κ1) is 22.1. The van der Waals surface area contributed by atoms with Gasteiger partial charge in [-0.15, -0.1) is 0 Å². The second kappa shape index (κ2) is 8.82. The molecule has 8 heteroatoms. The molecular formula is C23H27NO6S. The molecule has 2 heterocycles. The van der Waals surface area contributed by atoms with Gasteiger partial charge in [-0.2, -0.15) is 0 Å². The average Bonchev–Trinajstić information content (AvgIpc) is 3.16. The van der Waals surface area contributed by atoms with Crippen molar-refractivity contribution in [3.05, 3.63) is 83.4 Å². The third-order valence-corrected chi connectivity index (χ3v) is 6.67. The molecule has 4 rings (SSSR count). The second-order valence-electron chi connectivity index (χ2n) is 8.27. The fourth-order valence-electron chi connectivity index (χ4n) is 4.69. The highest BCUT2D eigenvalue weighted by Gasteiger charge is 2.67. The van der Waals surface area contributed by atoms with Gasteiger partial charge in [0.2, 0.25) is 10.4 Å². The van der Waals surface area contributed by atoms with Gasteiger partial charge in [0.05, 0.1) is 39.0 Å². The monoisotopic (exact) mass is 445 g/mol. The summed E-state index contributed by atoms with van der Waals surface area (Å²) in [5, 5.41) is 0. The number of hydrogen-bond donors (Lipinski definition) is 0. The maximum absolute atomic E-state index is 11.8. The minimum atomic E-state index is -4.98. The number of fused-ring (bicyclic) bond motifs is 1. The van der Waals surface area contributed by atoms with Crippen molar-refractivity contribution in [1.82, 2.24) is 0 Å². The van der Waals surface area contributed by atoms with E-state index < -0.39 is 22.2 Å². The molecule has 2 aliphatic heterocycles. The molecule has 1 fully saturated rings. The number of hydrogen-bond acceptors (Lipinski definition) is 6. The molecule has 0 aromatic heterocycles. The molecule has 1 saturated heterocycles. The molecule has 0 aliphatic carbocycles. The molecule has 2 aromatic carbocycles. The van der Waals surface area contributed by atoms with Gasteiger partial charge in [0.1, 0.15) is 6.54 Å². The molecule has 7 nitrogen and oxygen atoms in total. The fraction of sp³-hybridized carbons (Fsp3) is 0.391. The summed E-state index contributed by atoms with van der Waals surface area (Å²) in [6.45, 7) is 2.01. The Morgan fingerprint density at radius 1 is 1.00 bits per heavy atom. The Balaban J connectivity index is 1.56. The van der Waals surface area contributed by atoms with Crippen LogP contribution in [0.25, 0.3) is 0 Å². The molecule has 3 atom stereocenters. The Hall–Kier alpha value is -2.07. The third kappa shape index (κ3) is 4.59. The highest BCUT2D eigenvalue weighted by Crippen LogP contribution is 2.48. The summed E-state index contributed by atoms with van der Waals surface area (Å²) in [4.78, 5) is 0. The number of quaternary nitrogens is 1. The Kier molecular flexibility index (Phi) is 6.30. The summed E-state index contributed by atoms with van der Waals surface area (Å²) in [6.07, 6.45) is 1.92. The molecule has 0 radical (unpaired) electrons. The van der Waals surface area contributed by atoms with Crippen LogP contribution in [-0.2, 0) is 37.3 Å². The van der Waals surface area contributed by atoms with Crippen LogP contribution in [0.15, 0.2) is 72.3 Å². The van der Waals surface area contributed by atoms with Crippen LogP contribution >= 0.6 is 0 Å². The van der Waals surface area contributed by atoms with Crippen molar-refractivity contribution in [3.63, 3.8) is 0 Å². The molecule has 31 heavy (non-hydrogen) atoms. The van der Waals surface area contributed by atoms with Crippen LogP contribution in [-0.4, -0.2) is 56.0 Å². The van der Waals surface area contributed by atoms with Crippen LogP contribution in [0.2, 0.25) is 0 Å². The van der Waals surface area contributed by atoms with E-state index in [2.05, 4.69) is 0 Å². The van der Waals surface area contributed by atoms with E-state index in [1.54, 1.807) is 0 Å². The molecule has 0 bridgehead atoms. The van der Waals surface area contributed by atoms with Gasteiger partial charge >= 0.3 is 0 Å². The van der Waals surface area contributed by atoms with Crippen LogP contribution in [0, 0.1) is 0 Å². The fourth-order valence-corrected chi connectivity index (χ4v) is 5.39. The highest BCUT2D eigenvalue weighted by molar-refractivity contribution is 7.80. The summed E-state index contributed by atoms with van der Waals surface area (Å²) in [5.41, 5.74) is 1.20. The van der Waals surface area contributed by atoms with Crippen LogP contribution in [0.5, 0.6) is 0 Å². The summed E-state index contributed by atoms with van der Waals surface area (Å²) >= 11 is 0. The molecule has 0 amide bonds. The quantitative estimate of drug-likeness (QED) is 0.255. The highest BCUT2D eigenvalue weighted by atomic mass is 32.3. The number of ether oxygens (including phenoxy) is 2. The third-order valence-electron chi connectivity index (χ3n) is 6.22. The molecule has 0 saturated carbocycles. The van der Waals surface area contributed by atoms with Crippen molar-refractivity contribution in [3.8, 4) is 0 Å². The van der Waals surface area contributed by atoms with Crippen LogP contribution in [0.1, 0.15) is 17.5 Å². The standard InChI is InChI=1S/C23H27NO6S/c1-24-14-12-21(18-28-16-19-8-4-2-5-9-19)23(24,30-31(25,26)27)22(13-15-24)29-17-20-10-6-3-7-11-20/h2-12,22H,13-18H2,1H3. The van der Waals surface area contributed by atoms with Gasteiger partial charge in [-0.3, -0.25) is 4.48 Å². The van der Waals surface area contributed by atoms with E-state index in [1.165, 1.54) is 0 Å². The predicted octanol–water partition coefficient (Wildman–Crippen LogP) is 2.75. The van der Waals surface area contributed by atoms with Crippen molar-refractivity contribution >= 4 is 10.4 Å². The van der Waals surface area contributed by atoms with Crippen molar-refractivity contribution in [2.45, 2.75) is 31.5 Å². The largest absolute Gasteiger partial charge is 0.725 e. The van der Waals surface area contributed by atoms with Gasteiger partial charge in [0, 0.05) is 6.42 Å². The predicted molar refractivity (Wildman–Crippen MR) is 113 cm³/mol. The van der Waals surface area contributed by atoms with E-state index in [-0.39, 0.29) is 11.1 Å². The van der Waals surface area contributed by atoms with E-state index in [9.17, 15) is 13.0 Å². The van der Waals surface area contributed by atoms with E-state index in [4.69, 9.17) is 13.7 Å². The lowest BCUT2D eigenvalue weighted by atomic mass is 9.99. The van der Waals surface area contributed by atoms with E-state index in [0.29, 0.717) is 38.3 Å². The number of benzene rings is 2. The Labute approximate surface area is 183 Å². The van der Waals surface area contributed by atoms with Crippen LogP contribution < -0.4 is 0 Å². The summed E-state index contributed by atoms with van der Waals surface area (Å²) in [5.74, 6) is 0. The van der Waals surface area contributed by atoms with Gasteiger partial charge < -0.3 is 14.0 Å². The van der Waals surface area contributed by atoms with Crippen molar-refractivity contribution in [1.29, 1.82) is 0 Å². The van der Waals surface area contributed by atoms with Crippen molar-refractivity contribution in [2.24, 2.45) is 0 Å². The maximum atomic E-state index is 11.8. The van der Waals surface area contributed by atoms with Gasteiger partial charge in [-0.25, -0.2) is 12.6 Å². The van der Waals surface area contributed by atoms with Crippen molar-refractivity contribution in [2.75, 3.05) is 26.7 Å². The normalized spacial score (nSPS) is 27.8. The minimum Gasteiger partial charge on any atom is -0.725 e. The number of nitrogens with zero attached hydrogens (tertiary/aromatic N) is 1. The molecule has 0 spiro atoms. The SMILES string of the molecule is C[N+]12CC=C(COCc3ccccc3)C1(OS(=O)(=O)[O-])C(OCc1ccccc1)CC2. The van der Waals surface area contributed by atoms with E-state index in [0.717, 1.165) is 11.1 Å². The number of likely N-dealkylation sites (N-methyl/N-ethyl adjacent to an activating group) is 1. The van der Waals surface area contributed by atoms with Crippen LogP contribution in [0.4, 0.5) is 0 Å². The zero-order chi connectivity index (χ0) is 22.0. The van der Waals surface area contributed by atoms with Gasteiger partial charge in [-0.05, 0) is 17.2 Å². The molecule has 2 aromatic rings. The molecule has 3 unspecified atom stereocenters. The lowest BCUT2D eigenvalue weighted by molar-refractivity contribution is -0.952. The van der Waals surface area contributed by atoms with Gasteiger partial charge in [0.15, 0.2) is 6.10 Å². The summed E-state index contributed by atoms with van der Waals surface area (Å²) < 4.78 is 53.1. The first-order valence-corrected chi connectivity index (χ1v) is 11.6. The second-order valence-corrected chi connectivity index (χ2v) is 9.25. The molecule has 0 N–H and O–H groups in total. The Morgan fingerprint density at radius 2 is 1.61 bits per heavy atom.